The number of para-hydroxylation sites is 1. The zero-order valence-electron chi connectivity index (χ0n) is 43.1. The van der Waals surface area contributed by atoms with E-state index >= 15 is 0 Å². The molecule has 0 amide bonds. The molecule has 0 unspecified atom stereocenters. The van der Waals surface area contributed by atoms with E-state index in [1.54, 1.807) is 0 Å². The predicted octanol–water partition coefficient (Wildman–Crippen LogP) is 22.2. The number of benzene rings is 17. The number of fused-ring (bicyclic) bond motifs is 4. The van der Waals surface area contributed by atoms with Crippen LogP contribution in [0, 0.1) is 0 Å². The summed E-state index contributed by atoms with van der Waals surface area (Å²) in [6.45, 7) is 0. The quantitative estimate of drug-likeness (QED) is 0.114. The standard InChI is InChI=1S/C78H47N/c1-2-18-56(19-3-1)79(57-40-32-52(33-41-57)73-59-20-4-8-24-63(59)77(64-25-9-5-21-60(64)73)69-46-38-54-30-28-48-14-12-16-50-36-44-67(69)75(54)71(48)50)58-42-34-53(35-43-58)74-61-22-6-10-26-65(61)78(66-27-11-7-23-62(66)74)70-47-39-55-31-29-49-15-13-17-51-37-45-68(70)76(55)72(49)51/h1-47H. The van der Waals surface area contributed by atoms with Crippen LogP contribution in [0.3, 0.4) is 0 Å². The van der Waals surface area contributed by atoms with Gasteiger partial charge in [-0.3, -0.25) is 0 Å². The minimum absolute atomic E-state index is 1.09. The van der Waals surface area contributed by atoms with Gasteiger partial charge in [-0.25, -0.2) is 0 Å². The highest BCUT2D eigenvalue weighted by Crippen LogP contribution is 2.50. The number of nitrogens with zero attached hydrogens (tertiary/aromatic N) is 1. The molecule has 364 valence electrons. The second-order valence-electron chi connectivity index (χ2n) is 21.4. The van der Waals surface area contributed by atoms with E-state index in [4.69, 9.17) is 0 Å². The van der Waals surface area contributed by atoms with Gasteiger partial charge < -0.3 is 4.90 Å². The van der Waals surface area contributed by atoms with Gasteiger partial charge in [-0.1, -0.05) is 249 Å². The third kappa shape index (κ3) is 6.51. The largest absolute Gasteiger partial charge is 0.311 e. The molecule has 0 saturated carbocycles. The smallest absolute Gasteiger partial charge is 0.0462 e. The highest BCUT2D eigenvalue weighted by atomic mass is 15.1. The molecule has 17 aromatic carbocycles. The molecule has 0 aliphatic heterocycles. The summed E-state index contributed by atoms with van der Waals surface area (Å²) in [4.78, 5) is 2.38. The number of rotatable bonds is 7. The normalized spacial score (nSPS) is 12.1. The first-order valence-corrected chi connectivity index (χ1v) is 27.5. The van der Waals surface area contributed by atoms with Gasteiger partial charge in [0.05, 0.1) is 0 Å². The lowest BCUT2D eigenvalue weighted by atomic mass is 9.83. The molecule has 0 spiro atoms. The van der Waals surface area contributed by atoms with Crippen LogP contribution in [0.4, 0.5) is 17.1 Å². The van der Waals surface area contributed by atoms with E-state index in [0.717, 1.165) is 17.1 Å². The Bertz CT molecular complexity index is 4830. The maximum absolute atomic E-state index is 2.38. The molecule has 1 heteroatoms. The molecular formula is C78H47N. The fourth-order valence-corrected chi connectivity index (χ4v) is 13.9. The summed E-state index contributed by atoms with van der Waals surface area (Å²) in [6.07, 6.45) is 0. The Morgan fingerprint density at radius 3 is 0.797 bits per heavy atom. The van der Waals surface area contributed by atoms with Crippen molar-refractivity contribution >= 4 is 125 Å². The van der Waals surface area contributed by atoms with Crippen LogP contribution in [0.2, 0.25) is 0 Å². The van der Waals surface area contributed by atoms with Crippen LogP contribution in [0.25, 0.3) is 152 Å². The fraction of sp³-hybridized carbons (Fsp3) is 0. The molecule has 0 bridgehead atoms. The van der Waals surface area contributed by atoms with Crippen LogP contribution in [0.15, 0.2) is 285 Å². The fourth-order valence-electron chi connectivity index (χ4n) is 13.9. The van der Waals surface area contributed by atoms with E-state index < -0.39 is 0 Å². The van der Waals surface area contributed by atoms with Gasteiger partial charge in [0.15, 0.2) is 0 Å². The van der Waals surface area contributed by atoms with Crippen molar-refractivity contribution in [2.75, 3.05) is 4.90 Å². The first-order chi connectivity index (χ1) is 39.2. The van der Waals surface area contributed by atoms with Crippen LogP contribution in [-0.4, -0.2) is 0 Å². The van der Waals surface area contributed by atoms with Crippen LogP contribution in [-0.2, 0) is 0 Å². The Balaban J connectivity index is 0.788. The average molecular weight is 998 g/mol. The second kappa shape index (κ2) is 17.1. The number of hydrogen-bond donors (Lipinski definition) is 0. The van der Waals surface area contributed by atoms with Crippen molar-refractivity contribution < 1.29 is 0 Å². The molecule has 0 aliphatic rings. The summed E-state index contributed by atoms with van der Waals surface area (Å²) < 4.78 is 0. The van der Waals surface area contributed by atoms with E-state index in [2.05, 4.69) is 290 Å². The molecule has 0 aromatic heterocycles. The monoisotopic (exact) mass is 997 g/mol. The SMILES string of the molecule is c1ccc(N(c2ccc(-c3c4ccccc4c(-c4ccc5ccc6cccc7ccc4c5c67)c4ccccc34)cc2)c2ccc(-c3c4ccccc4c(-c4ccc5ccc6cccc7ccc4c5c67)c4ccccc34)cc2)cc1. The van der Waals surface area contributed by atoms with Crippen molar-refractivity contribution in [2.45, 2.75) is 0 Å². The summed E-state index contributed by atoms with van der Waals surface area (Å²) in [5.41, 5.74) is 13.3. The maximum atomic E-state index is 2.38. The highest BCUT2D eigenvalue weighted by Gasteiger charge is 2.23. The van der Waals surface area contributed by atoms with Crippen molar-refractivity contribution in [3.63, 3.8) is 0 Å². The van der Waals surface area contributed by atoms with Gasteiger partial charge in [0.2, 0.25) is 0 Å². The Morgan fingerprint density at radius 1 is 0.165 bits per heavy atom. The summed E-state index contributed by atoms with van der Waals surface area (Å²) in [5, 5.41) is 25.6. The van der Waals surface area contributed by atoms with E-state index in [1.165, 1.54) is 152 Å². The molecule has 0 atom stereocenters. The van der Waals surface area contributed by atoms with Crippen molar-refractivity contribution in [1.29, 1.82) is 0 Å². The summed E-state index contributed by atoms with van der Waals surface area (Å²) in [5.74, 6) is 0. The van der Waals surface area contributed by atoms with E-state index in [-0.39, 0.29) is 0 Å². The molecular weight excluding hydrogens is 951 g/mol. The minimum atomic E-state index is 1.09. The molecule has 1 nitrogen and oxygen atoms in total. The first-order valence-electron chi connectivity index (χ1n) is 27.5. The van der Waals surface area contributed by atoms with E-state index in [9.17, 15) is 0 Å². The third-order valence-corrected chi connectivity index (χ3v) is 17.3. The molecule has 0 heterocycles. The van der Waals surface area contributed by atoms with Crippen LogP contribution in [0.1, 0.15) is 0 Å². The van der Waals surface area contributed by atoms with Crippen LogP contribution >= 0.6 is 0 Å². The Morgan fingerprint density at radius 2 is 0.443 bits per heavy atom. The van der Waals surface area contributed by atoms with Crippen molar-refractivity contribution in [1.82, 2.24) is 0 Å². The van der Waals surface area contributed by atoms with Gasteiger partial charge >= 0.3 is 0 Å². The first kappa shape index (κ1) is 43.9. The van der Waals surface area contributed by atoms with Gasteiger partial charge in [0, 0.05) is 17.1 Å². The molecule has 17 aromatic rings. The third-order valence-electron chi connectivity index (χ3n) is 17.3. The number of hydrogen-bond acceptors (Lipinski definition) is 1. The lowest BCUT2D eigenvalue weighted by Gasteiger charge is -2.26. The molecule has 79 heavy (non-hydrogen) atoms. The molecule has 0 aliphatic carbocycles. The topological polar surface area (TPSA) is 3.24 Å². The Kier molecular flexibility index (Phi) is 9.48. The van der Waals surface area contributed by atoms with Gasteiger partial charge in [-0.15, -0.1) is 0 Å². The Hall–Kier alpha value is -10.3. The van der Waals surface area contributed by atoms with Crippen molar-refractivity contribution in [2.24, 2.45) is 0 Å². The summed E-state index contributed by atoms with van der Waals surface area (Å²) in [7, 11) is 0. The molecule has 0 saturated heterocycles. The van der Waals surface area contributed by atoms with Crippen molar-refractivity contribution in [3.05, 3.63) is 285 Å². The van der Waals surface area contributed by atoms with E-state index in [0.29, 0.717) is 0 Å². The van der Waals surface area contributed by atoms with E-state index in [1.807, 2.05) is 0 Å². The molecule has 17 rings (SSSR count). The van der Waals surface area contributed by atoms with Crippen molar-refractivity contribution in [3.8, 4) is 44.5 Å². The lowest BCUT2D eigenvalue weighted by molar-refractivity contribution is 1.28. The second-order valence-corrected chi connectivity index (χ2v) is 21.4. The molecule has 0 N–H and O–H groups in total. The van der Waals surface area contributed by atoms with Crippen LogP contribution in [0.5, 0.6) is 0 Å². The summed E-state index contributed by atoms with van der Waals surface area (Å²) in [6, 6.07) is 106. The predicted molar refractivity (Wildman–Crippen MR) is 340 cm³/mol. The molecule has 0 fully saturated rings. The summed E-state index contributed by atoms with van der Waals surface area (Å²) >= 11 is 0. The zero-order chi connectivity index (χ0) is 51.7. The Labute approximate surface area is 456 Å². The minimum Gasteiger partial charge on any atom is -0.311 e. The van der Waals surface area contributed by atoms with Gasteiger partial charge in [-0.2, -0.15) is 0 Å². The van der Waals surface area contributed by atoms with Gasteiger partial charge in [-0.05, 0) is 189 Å². The highest BCUT2D eigenvalue weighted by molar-refractivity contribution is 6.31. The number of anilines is 3. The average Bonchev–Trinajstić information content (AvgIpc) is 3.70. The van der Waals surface area contributed by atoms with Gasteiger partial charge in [0.1, 0.15) is 0 Å². The lowest BCUT2D eigenvalue weighted by Crippen LogP contribution is -2.09. The van der Waals surface area contributed by atoms with Crippen LogP contribution < -0.4 is 4.90 Å². The zero-order valence-corrected chi connectivity index (χ0v) is 43.1. The molecule has 0 radical (unpaired) electrons. The van der Waals surface area contributed by atoms with Gasteiger partial charge in [0.25, 0.3) is 0 Å². The maximum Gasteiger partial charge on any atom is 0.0462 e.